The van der Waals surface area contributed by atoms with Gasteiger partial charge in [0.25, 0.3) is 10.0 Å². The fourth-order valence-corrected chi connectivity index (χ4v) is 4.17. The second kappa shape index (κ2) is 5.76. The molecule has 8 heteroatoms. The third-order valence-corrected chi connectivity index (χ3v) is 5.96. The zero-order chi connectivity index (χ0) is 15.7. The fourth-order valence-electron chi connectivity index (χ4n) is 2.33. The van der Waals surface area contributed by atoms with E-state index in [1.54, 1.807) is 0 Å². The van der Waals surface area contributed by atoms with Crippen molar-refractivity contribution < 1.29 is 21.6 Å². The molecule has 0 spiro atoms. The highest BCUT2D eigenvalue weighted by Gasteiger charge is 2.27. The van der Waals surface area contributed by atoms with Crippen LogP contribution in [-0.2, 0) is 24.7 Å². The molecule has 0 aliphatic heterocycles. The van der Waals surface area contributed by atoms with E-state index in [2.05, 4.69) is 0 Å². The van der Waals surface area contributed by atoms with Gasteiger partial charge in [0, 0.05) is 12.2 Å². The molecule has 1 aliphatic rings. The standard InChI is InChI=1S/C13H17NO5S2/c1-20(16,17)11-7-4-8-12(9-11)21(18,19)14-13(15)10-5-2-3-6-10/h4,7-10H,2-3,5-6H2,1H3,(H,14,15). The van der Waals surface area contributed by atoms with Crippen molar-refractivity contribution >= 4 is 25.8 Å². The third-order valence-electron chi connectivity index (χ3n) is 3.50. The first-order chi connectivity index (χ1) is 9.70. The van der Waals surface area contributed by atoms with Crippen molar-refractivity contribution in [1.29, 1.82) is 0 Å². The summed E-state index contributed by atoms with van der Waals surface area (Å²) in [6.07, 6.45) is 4.20. The lowest BCUT2D eigenvalue weighted by molar-refractivity contribution is -0.122. The second-order valence-corrected chi connectivity index (χ2v) is 8.90. The van der Waals surface area contributed by atoms with Crippen LogP contribution in [0.15, 0.2) is 34.1 Å². The normalized spacial score (nSPS) is 16.8. The summed E-state index contributed by atoms with van der Waals surface area (Å²) in [5.74, 6) is -0.796. The Kier molecular flexibility index (Phi) is 4.38. The molecule has 0 saturated heterocycles. The van der Waals surface area contributed by atoms with Crippen LogP contribution in [0.25, 0.3) is 0 Å². The molecule has 0 unspecified atom stereocenters. The van der Waals surface area contributed by atoms with Crippen LogP contribution in [0.2, 0.25) is 0 Å². The Morgan fingerprint density at radius 2 is 1.67 bits per heavy atom. The van der Waals surface area contributed by atoms with E-state index in [9.17, 15) is 21.6 Å². The van der Waals surface area contributed by atoms with Gasteiger partial charge in [-0.25, -0.2) is 21.6 Å². The van der Waals surface area contributed by atoms with Crippen LogP contribution in [0.3, 0.4) is 0 Å². The smallest absolute Gasteiger partial charge is 0.264 e. The van der Waals surface area contributed by atoms with Crippen LogP contribution < -0.4 is 4.72 Å². The Hall–Kier alpha value is -1.41. The topological polar surface area (TPSA) is 97.4 Å². The van der Waals surface area contributed by atoms with Gasteiger partial charge in [-0.3, -0.25) is 4.79 Å². The van der Waals surface area contributed by atoms with E-state index in [1.807, 2.05) is 4.72 Å². The minimum absolute atomic E-state index is 0.0984. The molecule has 0 aromatic heterocycles. The van der Waals surface area contributed by atoms with E-state index in [0.29, 0.717) is 12.8 Å². The van der Waals surface area contributed by atoms with Crippen LogP contribution in [0.4, 0.5) is 0 Å². The SMILES string of the molecule is CS(=O)(=O)c1cccc(S(=O)(=O)NC(=O)C2CCCC2)c1. The molecular weight excluding hydrogens is 314 g/mol. The predicted octanol–water partition coefficient (Wildman–Crippen LogP) is 1.09. The Morgan fingerprint density at radius 1 is 1.10 bits per heavy atom. The van der Waals surface area contributed by atoms with Gasteiger partial charge < -0.3 is 0 Å². The van der Waals surface area contributed by atoms with Gasteiger partial charge >= 0.3 is 0 Å². The molecule has 1 amide bonds. The third kappa shape index (κ3) is 3.82. The number of hydrogen-bond acceptors (Lipinski definition) is 5. The molecule has 1 N–H and O–H groups in total. The van der Waals surface area contributed by atoms with Crippen molar-refractivity contribution in [2.24, 2.45) is 5.92 Å². The molecule has 116 valence electrons. The molecule has 1 aromatic rings. The first-order valence-corrected chi connectivity index (χ1v) is 9.94. The number of carbonyl (C=O) groups excluding carboxylic acids is 1. The molecule has 0 heterocycles. The summed E-state index contributed by atoms with van der Waals surface area (Å²) in [4.78, 5) is 11.6. The average molecular weight is 331 g/mol. The van der Waals surface area contributed by atoms with Crippen LogP contribution in [-0.4, -0.2) is 29.0 Å². The maximum atomic E-state index is 12.2. The first kappa shape index (κ1) is 16.0. The van der Waals surface area contributed by atoms with Crippen molar-refractivity contribution in [2.45, 2.75) is 35.5 Å². The number of hydrogen-bond donors (Lipinski definition) is 1. The van der Waals surface area contributed by atoms with Crippen LogP contribution >= 0.6 is 0 Å². The zero-order valence-corrected chi connectivity index (χ0v) is 13.2. The molecule has 6 nitrogen and oxygen atoms in total. The monoisotopic (exact) mass is 331 g/mol. The van der Waals surface area contributed by atoms with E-state index in [4.69, 9.17) is 0 Å². The van der Waals surface area contributed by atoms with Gasteiger partial charge in [-0.1, -0.05) is 18.9 Å². The molecule has 1 aromatic carbocycles. The Bertz CT molecular complexity index is 747. The zero-order valence-electron chi connectivity index (χ0n) is 11.6. The van der Waals surface area contributed by atoms with Gasteiger partial charge in [0.05, 0.1) is 9.79 Å². The maximum absolute atomic E-state index is 12.2. The summed E-state index contributed by atoms with van der Waals surface area (Å²) in [6.45, 7) is 0. The molecule has 1 fully saturated rings. The lowest BCUT2D eigenvalue weighted by atomic mass is 10.1. The Morgan fingerprint density at radius 3 is 2.24 bits per heavy atom. The van der Waals surface area contributed by atoms with Crippen LogP contribution in [0.1, 0.15) is 25.7 Å². The Labute approximate surface area is 124 Å². The lowest BCUT2D eigenvalue weighted by Crippen LogP contribution is -2.34. The number of rotatable bonds is 4. The summed E-state index contributed by atoms with van der Waals surface area (Å²) < 4.78 is 49.3. The lowest BCUT2D eigenvalue weighted by Gasteiger charge is -2.11. The van der Waals surface area contributed by atoms with Crippen molar-refractivity contribution in [3.05, 3.63) is 24.3 Å². The highest BCUT2D eigenvalue weighted by Crippen LogP contribution is 2.25. The van der Waals surface area contributed by atoms with E-state index in [-0.39, 0.29) is 15.7 Å². The van der Waals surface area contributed by atoms with E-state index in [1.165, 1.54) is 18.2 Å². The average Bonchev–Trinajstić information content (AvgIpc) is 2.91. The van der Waals surface area contributed by atoms with E-state index in [0.717, 1.165) is 25.2 Å². The Balaban J connectivity index is 2.25. The minimum atomic E-state index is -4.04. The second-order valence-electron chi connectivity index (χ2n) is 5.20. The van der Waals surface area contributed by atoms with Gasteiger partial charge in [-0.2, -0.15) is 0 Å². The number of benzene rings is 1. The van der Waals surface area contributed by atoms with Crippen molar-refractivity contribution in [1.82, 2.24) is 4.72 Å². The molecule has 1 aliphatic carbocycles. The molecule has 0 bridgehead atoms. The van der Waals surface area contributed by atoms with Crippen molar-refractivity contribution in [3.63, 3.8) is 0 Å². The number of nitrogens with one attached hydrogen (secondary N) is 1. The fraction of sp³-hybridized carbons (Fsp3) is 0.462. The molecular formula is C13H17NO5S2. The molecule has 0 atom stereocenters. The van der Waals surface area contributed by atoms with Gasteiger partial charge in [-0.05, 0) is 31.0 Å². The molecule has 0 radical (unpaired) electrons. The van der Waals surface area contributed by atoms with Gasteiger partial charge in [-0.15, -0.1) is 0 Å². The van der Waals surface area contributed by atoms with Gasteiger partial charge in [0.15, 0.2) is 9.84 Å². The van der Waals surface area contributed by atoms with Crippen molar-refractivity contribution in [3.8, 4) is 0 Å². The van der Waals surface area contributed by atoms with Gasteiger partial charge in [0.2, 0.25) is 5.91 Å². The first-order valence-electron chi connectivity index (χ1n) is 6.57. The quantitative estimate of drug-likeness (QED) is 0.890. The van der Waals surface area contributed by atoms with Gasteiger partial charge in [0.1, 0.15) is 0 Å². The van der Waals surface area contributed by atoms with Crippen molar-refractivity contribution in [2.75, 3.05) is 6.26 Å². The van der Waals surface area contributed by atoms with E-state index < -0.39 is 25.8 Å². The number of amides is 1. The van der Waals surface area contributed by atoms with E-state index >= 15 is 0 Å². The molecule has 1 saturated carbocycles. The highest BCUT2D eigenvalue weighted by molar-refractivity contribution is 7.91. The summed E-state index contributed by atoms with van der Waals surface area (Å²) >= 11 is 0. The maximum Gasteiger partial charge on any atom is 0.264 e. The molecule has 2 rings (SSSR count). The number of sulfonamides is 1. The highest BCUT2D eigenvalue weighted by atomic mass is 32.2. The van der Waals surface area contributed by atoms with Crippen LogP contribution in [0, 0.1) is 5.92 Å². The summed E-state index contributed by atoms with van der Waals surface area (Å²) in [7, 11) is -7.55. The minimum Gasteiger partial charge on any atom is -0.274 e. The predicted molar refractivity (Wildman–Crippen MR) is 76.8 cm³/mol. The largest absolute Gasteiger partial charge is 0.274 e. The summed E-state index contributed by atoms with van der Waals surface area (Å²) in [5.41, 5.74) is 0. The number of carbonyl (C=O) groups is 1. The number of sulfone groups is 1. The van der Waals surface area contributed by atoms with Crippen LogP contribution in [0.5, 0.6) is 0 Å². The molecule has 21 heavy (non-hydrogen) atoms. The summed E-state index contributed by atoms with van der Waals surface area (Å²) in [6, 6.07) is 4.97. The summed E-state index contributed by atoms with van der Waals surface area (Å²) in [5, 5.41) is 0.